The molecular weight excluding hydrogens is 302 g/mol. The SMILES string of the molecule is COCCC(C=C1CCCCC1)c1cc(C)ccc1C(=O)NOC. The third kappa shape index (κ3) is 5.18. The summed E-state index contributed by atoms with van der Waals surface area (Å²) in [6.45, 7) is 2.73. The van der Waals surface area contributed by atoms with Crippen LogP contribution in [0.3, 0.4) is 0 Å². The minimum absolute atomic E-state index is 0.190. The highest BCUT2D eigenvalue weighted by atomic mass is 16.6. The van der Waals surface area contributed by atoms with Crippen molar-refractivity contribution < 1.29 is 14.4 Å². The Morgan fingerprint density at radius 1 is 1.25 bits per heavy atom. The third-order valence-electron chi connectivity index (χ3n) is 4.61. The number of hydroxylamine groups is 1. The van der Waals surface area contributed by atoms with Crippen LogP contribution in [0, 0.1) is 6.92 Å². The van der Waals surface area contributed by atoms with Gasteiger partial charge >= 0.3 is 0 Å². The fourth-order valence-corrected chi connectivity index (χ4v) is 3.37. The number of ether oxygens (including phenoxy) is 1. The van der Waals surface area contributed by atoms with Crippen molar-refractivity contribution in [2.45, 2.75) is 51.4 Å². The number of hydrogen-bond acceptors (Lipinski definition) is 3. The zero-order valence-corrected chi connectivity index (χ0v) is 15.1. The number of carbonyl (C=O) groups is 1. The Balaban J connectivity index is 2.36. The van der Waals surface area contributed by atoms with Gasteiger partial charge in [0.05, 0.1) is 7.11 Å². The number of carbonyl (C=O) groups excluding carboxylic acids is 1. The zero-order valence-electron chi connectivity index (χ0n) is 15.1. The van der Waals surface area contributed by atoms with Crippen LogP contribution in [-0.4, -0.2) is 26.7 Å². The van der Waals surface area contributed by atoms with Gasteiger partial charge in [-0.05, 0) is 50.7 Å². The molecule has 0 aromatic heterocycles. The van der Waals surface area contributed by atoms with Gasteiger partial charge in [0.15, 0.2) is 0 Å². The quantitative estimate of drug-likeness (QED) is 0.599. The molecule has 0 aliphatic heterocycles. The molecule has 1 atom stereocenters. The predicted molar refractivity (Wildman–Crippen MR) is 96.1 cm³/mol. The molecule has 2 rings (SSSR count). The first-order valence-corrected chi connectivity index (χ1v) is 8.78. The first-order valence-electron chi connectivity index (χ1n) is 8.78. The summed E-state index contributed by atoms with van der Waals surface area (Å²) < 4.78 is 5.31. The fourth-order valence-electron chi connectivity index (χ4n) is 3.37. The summed E-state index contributed by atoms with van der Waals surface area (Å²) in [4.78, 5) is 17.2. The smallest absolute Gasteiger partial charge is 0.275 e. The van der Waals surface area contributed by atoms with Gasteiger partial charge in [0.1, 0.15) is 0 Å². The molecule has 1 fully saturated rings. The summed E-state index contributed by atoms with van der Waals surface area (Å²) in [6.07, 6.45) is 9.46. The van der Waals surface area contributed by atoms with Crippen molar-refractivity contribution in [3.05, 3.63) is 46.5 Å². The molecule has 0 saturated heterocycles. The Labute approximate surface area is 145 Å². The van der Waals surface area contributed by atoms with E-state index in [1.54, 1.807) is 7.11 Å². The number of nitrogens with one attached hydrogen (secondary N) is 1. The van der Waals surface area contributed by atoms with E-state index in [1.807, 2.05) is 12.1 Å². The number of amides is 1. The second-order valence-corrected chi connectivity index (χ2v) is 6.50. The molecule has 1 aromatic carbocycles. The van der Waals surface area contributed by atoms with Gasteiger partial charge in [-0.15, -0.1) is 0 Å². The molecule has 4 nitrogen and oxygen atoms in total. The van der Waals surface area contributed by atoms with Gasteiger partial charge in [-0.1, -0.05) is 35.8 Å². The third-order valence-corrected chi connectivity index (χ3v) is 4.61. The Kier molecular flexibility index (Phi) is 7.47. The van der Waals surface area contributed by atoms with Gasteiger partial charge in [-0.2, -0.15) is 0 Å². The lowest BCUT2D eigenvalue weighted by molar-refractivity contribution is 0.0536. The van der Waals surface area contributed by atoms with Crippen LogP contribution in [0.2, 0.25) is 0 Å². The van der Waals surface area contributed by atoms with Gasteiger partial charge in [-0.3, -0.25) is 9.63 Å². The molecule has 1 N–H and O–H groups in total. The number of hydrogen-bond donors (Lipinski definition) is 1. The average Bonchev–Trinajstić information content (AvgIpc) is 2.59. The van der Waals surface area contributed by atoms with Crippen LogP contribution in [0.25, 0.3) is 0 Å². The molecule has 24 heavy (non-hydrogen) atoms. The minimum atomic E-state index is -0.197. The second-order valence-electron chi connectivity index (χ2n) is 6.50. The van der Waals surface area contributed by atoms with Crippen LogP contribution in [0.5, 0.6) is 0 Å². The highest BCUT2D eigenvalue weighted by Gasteiger charge is 2.19. The lowest BCUT2D eigenvalue weighted by Gasteiger charge is -2.21. The van der Waals surface area contributed by atoms with Gasteiger partial charge in [0, 0.05) is 25.2 Å². The monoisotopic (exact) mass is 331 g/mol. The van der Waals surface area contributed by atoms with E-state index in [0.29, 0.717) is 12.2 Å². The molecule has 1 unspecified atom stereocenters. The van der Waals surface area contributed by atoms with Crippen molar-refractivity contribution in [3.8, 4) is 0 Å². The summed E-state index contributed by atoms with van der Waals surface area (Å²) in [5.74, 6) is -0.00693. The van der Waals surface area contributed by atoms with Gasteiger partial charge < -0.3 is 4.74 Å². The van der Waals surface area contributed by atoms with E-state index in [4.69, 9.17) is 9.57 Å². The maximum absolute atomic E-state index is 12.4. The highest BCUT2D eigenvalue weighted by Crippen LogP contribution is 2.31. The lowest BCUT2D eigenvalue weighted by Crippen LogP contribution is -2.24. The Hall–Kier alpha value is -1.65. The number of methoxy groups -OCH3 is 1. The predicted octanol–water partition coefficient (Wildman–Crippen LogP) is 4.30. The van der Waals surface area contributed by atoms with Gasteiger partial charge in [0.25, 0.3) is 5.91 Å². The Bertz CT molecular complexity index is 572. The van der Waals surface area contributed by atoms with Gasteiger partial charge in [-0.25, -0.2) is 5.48 Å². The highest BCUT2D eigenvalue weighted by molar-refractivity contribution is 5.95. The van der Waals surface area contributed by atoms with E-state index in [1.165, 1.54) is 44.8 Å². The van der Waals surface area contributed by atoms with Crippen molar-refractivity contribution in [2.24, 2.45) is 0 Å². The van der Waals surface area contributed by atoms with Crippen molar-refractivity contribution in [1.29, 1.82) is 0 Å². The summed E-state index contributed by atoms with van der Waals surface area (Å²) in [6, 6.07) is 5.97. The molecular formula is C20H29NO3. The molecule has 1 aliphatic carbocycles. The normalized spacial score (nSPS) is 15.9. The minimum Gasteiger partial charge on any atom is -0.385 e. The molecule has 0 heterocycles. The van der Waals surface area contributed by atoms with Gasteiger partial charge in [0.2, 0.25) is 0 Å². The topological polar surface area (TPSA) is 47.6 Å². The van der Waals surface area contributed by atoms with Crippen molar-refractivity contribution in [1.82, 2.24) is 5.48 Å². The molecule has 1 amide bonds. The first-order chi connectivity index (χ1) is 11.7. The molecule has 0 spiro atoms. The van der Waals surface area contributed by atoms with E-state index in [2.05, 4.69) is 24.5 Å². The van der Waals surface area contributed by atoms with E-state index >= 15 is 0 Å². The number of allylic oxidation sites excluding steroid dienone is 2. The van der Waals surface area contributed by atoms with Crippen LogP contribution in [0.15, 0.2) is 29.8 Å². The van der Waals surface area contributed by atoms with Crippen molar-refractivity contribution >= 4 is 5.91 Å². The summed E-state index contributed by atoms with van der Waals surface area (Å²) >= 11 is 0. The summed E-state index contributed by atoms with van der Waals surface area (Å²) in [5.41, 5.74) is 6.85. The largest absolute Gasteiger partial charge is 0.385 e. The van der Waals surface area contributed by atoms with E-state index in [0.717, 1.165) is 17.5 Å². The van der Waals surface area contributed by atoms with Crippen LogP contribution >= 0.6 is 0 Å². The maximum Gasteiger partial charge on any atom is 0.275 e. The van der Waals surface area contributed by atoms with Crippen LogP contribution in [0.4, 0.5) is 0 Å². The lowest BCUT2D eigenvalue weighted by atomic mass is 9.85. The summed E-state index contributed by atoms with van der Waals surface area (Å²) in [5, 5.41) is 0. The molecule has 4 heteroatoms. The van der Waals surface area contributed by atoms with E-state index in [9.17, 15) is 4.79 Å². The molecule has 132 valence electrons. The second kappa shape index (κ2) is 9.60. The van der Waals surface area contributed by atoms with Crippen molar-refractivity contribution in [2.75, 3.05) is 20.8 Å². The maximum atomic E-state index is 12.4. The van der Waals surface area contributed by atoms with E-state index < -0.39 is 0 Å². The molecule has 0 bridgehead atoms. The summed E-state index contributed by atoms with van der Waals surface area (Å²) in [7, 11) is 3.18. The van der Waals surface area contributed by atoms with E-state index in [-0.39, 0.29) is 11.8 Å². The Morgan fingerprint density at radius 2 is 2.00 bits per heavy atom. The average molecular weight is 331 g/mol. The zero-order chi connectivity index (χ0) is 17.4. The number of aryl methyl sites for hydroxylation is 1. The molecule has 1 saturated carbocycles. The van der Waals surface area contributed by atoms with Crippen LogP contribution in [0.1, 0.15) is 65.9 Å². The van der Waals surface area contributed by atoms with Crippen LogP contribution in [-0.2, 0) is 9.57 Å². The Morgan fingerprint density at radius 3 is 2.67 bits per heavy atom. The number of benzene rings is 1. The van der Waals surface area contributed by atoms with Crippen molar-refractivity contribution in [3.63, 3.8) is 0 Å². The number of rotatable bonds is 7. The molecule has 0 radical (unpaired) electrons. The first kappa shape index (κ1) is 18.7. The molecule has 1 aliphatic rings. The van der Waals surface area contributed by atoms with Crippen LogP contribution < -0.4 is 5.48 Å². The standard InChI is InChI=1S/C20H29NO3/c1-15-9-10-18(20(22)21-24-3)19(13-15)17(11-12-23-2)14-16-7-5-4-6-8-16/h9-10,13-14,17H,4-8,11-12H2,1-3H3,(H,21,22). The molecule has 1 aromatic rings. The fraction of sp³-hybridized carbons (Fsp3) is 0.550.